The van der Waals surface area contributed by atoms with Crippen LogP contribution in [0.25, 0.3) is 10.9 Å². The number of hydrogen-bond donors (Lipinski definition) is 0. The standard InChI is InChI=1S/C28H33FN3OP/c1-7-18-32-27(25-10-8-9-11-26(25)30-32)34(28(4,5)6,33-24-16-13-22(29)14-17-24)31-23-15-12-20(2)21(3)19-23/h8-17,19H,7,18H2,1-6H3. The summed E-state index contributed by atoms with van der Waals surface area (Å²) in [6.07, 6.45) is 0.936. The van der Waals surface area contributed by atoms with Crippen LogP contribution in [-0.2, 0) is 6.54 Å². The van der Waals surface area contributed by atoms with E-state index >= 15 is 0 Å². The molecule has 1 atom stereocenters. The van der Waals surface area contributed by atoms with E-state index < -0.39 is 7.28 Å². The predicted molar refractivity (Wildman–Crippen MR) is 141 cm³/mol. The molecule has 0 N–H and O–H groups in total. The lowest BCUT2D eigenvalue weighted by atomic mass is 10.1. The van der Waals surface area contributed by atoms with E-state index in [1.165, 1.54) is 23.3 Å². The highest BCUT2D eigenvalue weighted by molar-refractivity contribution is 7.71. The van der Waals surface area contributed by atoms with Crippen LogP contribution in [0.5, 0.6) is 5.75 Å². The molecule has 0 amide bonds. The largest absolute Gasteiger partial charge is 0.454 e. The van der Waals surface area contributed by atoms with E-state index in [-0.39, 0.29) is 11.0 Å². The molecule has 4 nitrogen and oxygen atoms in total. The van der Waals surface area contributed by atoms with E-state index in [1.54, 1.807) is 12.1 Å². The van der Waals surface area contributed by atoms with Crippen molar-refractivity contribution in [3.8, 4) is 5.75 Å². The highest BCUT2D eigenvalue weighted by Gasteiger charge is 2.43. The van der Waals surface area contributed by atoms with Gasteiger partial charge in [0.2, 0.25) is 0 Å². The number of hydrogen-bond acceptors (Lipinski definition) is 3. The van der Waals surface area contributed by atoms with E-state index in [4.69, 9.17) is 14.4 Å². The van der Waals surface area contributed by atoms with Gasteiger partial charge in [-0.2, -0.15) is 5.10 Å². The quantitative estimate of drug-likeness (QED) is 0.263. The molecule has 1 aromatic heterocycles. The first-order valence-electron chi connectivity index (χ1n) is 11.8. The normalized spacial score (nSPS) is 13.6. The molecule has 0 bridgehead atoms. The Hall–Kier alpha value is -2.91. The molecular formula is C28H33FN3OP. The average Bonchev–Trinajstić information content (AvgIpc) is 3.15. The molecule has 1 unspecified atom stereocenters. The molecule has 0 saturated heterocycles. The lowest BCUT2D eigenvalue weighted by Gasteiger charge is -2.37. The van der Waals surface area contributed by atoms with Gasteiger partial charge in [0, 0.05) is 17.1 Å². The first-order valence-corrected chi connectivity index (χ1v) is 13.4. The van der Waals surface area contributed by atoms with Crippen molar-refractivity contribution in [2.75, 3.05) is 0 Å². The second-order valence-electron chi connectivity index (χ2n) is 9.72. The summed E-state index contributed by atoms with van der Waals surface area (Å²) < 4.78 is 28.2. The summed E-state index contributed by atoms with van der Waals surface area (Å²) in [6, 6.07) is 20.7. The minimum Gasteiger partial charge on any atom is -0.454 e. The molecule has 0 spiro atoms. The van der Waals surface area contributed by atoms with Crippen molar-refractivity contribution < 1.29 is 8.91 Å². The van der Waals surface area contributed by atoms with Crippen molar-refractivity contribution in [2.45, 2.75) is 59.7 Å². The molecule has 4 rings (SSSR count). The summed E-state index contributed by atoms with van der Waals surface area (Å²) in [5.41, 5.74) is 5.22. The average molecular weight is 478 g/mol. The maximum absolute atomic E-state index is 13.7. The molecule has 0 radical (unpaired) electrons. The number of aryl methyl sites for hydroxylation is 3. The first-order chi connectivity index (χ1) is 16.1. The Morgan fingerprint density at radius 1 is 0.971 bits per heavy atom. The molecule has 0 aliphatic carbocycles. The number of halogens is 1. The SMILES string of the molecule is CCCn1nc2ccccc2c1P(=Nc1ccc(C)c(C)c1)(Oc1ccc(F)cc1)C(C)(C)C. The number of nitrogens with zero attached hydrogens (tertiary/aromatic N) is 3. The van der Waals surface area contributed by atoms with Crippen LogP contribution in [0.1, 0.15) is 45.2 Å². The van der Waals surface area contributed by atoms with Crippen LogP contribution in [0.15, 0.2) is 71.5 Å². The topological polar surface area (TPSA) is 39.4 Å². The van der Waals surface area contributed by atoms with Gasteiger partial charge in [-0.3, -0.25) is 4.68 Å². The van der Waals surface area contributed by atoms with E-state index in [0.717, 1.165) is 35.0 Å². The zero-order chi connectivity index (χ0) is 24.5. The van der Waals surface area contributed by atoms with E-state index in [1.807, 2.05) is 18.2 Å². The van der Waals surface area contributed by atoms with E-state index in [2.05, 4.69) is 70.5 Å². The molecule has 6 heteroatoms. The van der Waals surface area contributed by atoms with Crippen molar-refractivity contribution >= 4 is 29.3 Å². The third kappa shape index (κ3) is 4.54. The fraction of sp³-hybridized carbons (Fsp3) is 0.321. The van der Waals surface area contributed by atoms with Gasteiger partial charge in [-0.05, 0) is 73.9 Å². The molecule has 4 aromatic rings. The van der Waals surface area contributed by atoms with Crippen LogP contribution in [0.2, 0.25) is 0 Å². The number of aromatic nitrogens is 2. The summed E-state index contributed by atoms with van der Waals surface area (Å²) >= 11 is 0. The Kier molecular flexibility index (Phi) is 6.69. The van der Waals surface area contributed by atoms with Crippen molar-refractivity contribution in [3.05, 3.63) is 83.7 Å². The molecule has 0 fully saturated rings. The van der Waals surface area contributed by atoms with Crippen LogP contribution in [0.3, 0.4) is 0 Å². The van der Waals surface area contributed by atoms with Crippen LogP contribution in [-0.4, -0.2) is 14.9 Å². The van der Waals surface area contributed by atoms with Crippen LogP contribution >= 0.6 is 7.28 Å². The molecule has 1 heterocycles. The van der Waals surface area contributed by atoms with Crippen LogP contribution in [0, 0.1) is 19.7 Å². The van der Waals surface area contributed by atoms with Gasteiger partial charge in [-0.1, -0.05) is 52.0 Å². The van der Waals surface area contributed by atoms with Crippen molar-refractivity contribution in [1.29, 1.82) is 0 Å². The third-order valence-electron chi connectivity index (χ3n) is 6.05. The molecule has 3 aromatic carbocycles. The van der Waals surface area contributed by atoms with Gasteiger partial charge in [-0.25, -0.2) is 9.14 Å². The summed E-state index contributed by atoms with van der Waals surface area (Å²) in [6.45, 7) is 13.6. The monoisotopic (exact) mass is 477 g/mol. The van der Waals surface area contributed by atoms with E-state index in [0.29, 0.717) is 5.75 Å². The predicted octanol–water partition coefficient (Wildman–Crippen LogP) is 8.15. The lowest BCUT2D eigenvalue weighted by Crippen LogP contribution is -2.32. The van der Waals surface area contributed by atoms with Gasteiger partial charge in [0.05, 0.1) is 11.2 Å². The van der Waals surface area contributed by atoms with E-state index in [9.17, 15) is 4.39 Å². The Morgan fingerprint density at radius 3 is 2.32 bits per heavy atom. The highest BCUT2D eigenvalue weighted by Crippen LogP contribution is 2.62. The van der Waals surface area contributed by atoms with Gasteiger partial charge in [0.15, 0.2) is 7.28 Å². The van der Waals surface area contributed by atoms with Crippen molar-refractivity contribution in [3.63, 3.8) is 0 Å². The molecule has 178 valence electrons. The Morgan fingerprint density at radius 2 is 1.68 bits per heavy atom. The molecular weight excluding hydrogens is 444 g/mol. The first kappa shape index (κ1) is 24.2. The van der Waals surface area contributed by atoms with Crippen LogP contribution in [0.4, 0.5) is 10.1 Å². The third-order valence-corrected chi connectivity index (χ3v) is 9.90. The van der Waals surface area contributed by atoms with Crippen LogP contribution < -0.4 is 9.96 Å². The maximum atomic E-state index is 13.7. The second kappa shape index (κ2) is 9.38. The Bertz CT molecular complexity index is 1370. The molecule has 0 aliphatic heterocycles. The summed E-state index contributed by atoms with van der Waals surface area (Å²) in [4.78, 5) is 0. The minimum atomic E-state index is -2.79. The minimum absolute atomic E-state index is 0.292. The molecule has 0 aliphatic rings. The fourth-order valence-corrected chi connectivity index (χ4v) is 7.35. The van der Waals surface area contributed by atoms with Gasteiger partial charge >= 0.3 is 0 Å². The summed E-state index contributed by atoms with van der Waals surface area (Å²) in [5.74, 6) is 0.310. The smallest absolute Gasteiger partial charge is 0.191 e. The Labute approximate surface area is 201 Å². The van der Waals surface area contributed by atoms with Gasteiger partial charge in [0.25, 0.3) is 0 Å². The second-order valence-corrected chi connectivity index (χ2v) is 13.0. The van der Waals surface area contributed by atoms with Crippen molar-refractivity contribution in [1.82, 2.24) is 9.78 Å². The molecule has 0 saturated carbocycles. The zero-order valence-electron chi connectivity index (χ0n) is 20.8. The highest BCUT2D eigenvalue weighted by atomic mass is 31.2. The lowest BCUT2D eigenvalue weighted by molar-refractivity contribution is 0.555. The zero-order valence-corrected chi connectivity index (χ0v) is 21.7. The maximum Gasteiger partial charge on any atom is 0.191 e. The fourth-order valence-electron chi connectivity index (χ4n) is 4.07. The summed E-state index contributed by atoms with van der Waals surface area (Å²) in [7, 11) is -2.79. The van der Waals surface area contributed by atoms with Gasteiger partial charge in [0.1, 0.15) is 17.0 Å². The number of rotatable bonds is 6. The van der Waals surface area contributed by atoms with Crippen molar-refractivity contribution in [2.24, 2.45) is 4.74 Å². The molecule has 34 heavy (non-hydrogen) atoms. The Balaban J connectivity index is 2.12. The van der Waals surface area contributed by atoms with Gasteiger partial charge < -0.3 is 4.52 Å². The number of benzene rings is 3. The number of fused-ring (bicyclic) bond motifs is 1. The summed E-state index contributed by atoms with van der Waals surface area (Å²) in [5, 5.41) is 5.64. The van der Waals surface area contributed by atoms with Gasteiger partial charge in [-0.15, -0.1) is 0 Å².